The van der Waals surface area contributed by atoms with Gasteiger partial charge in [-0.3, -0.25) is 10.1 Å². The van der Waals surface area contributed by atoms with Crippen LogP contribution in [0.2, 0.25) is 0 Å². The molecule has 0 aliphatic carbocycles. The summed E-state index contributed by atoms with van der Waals surface area (Å²) < 4.78 is 10.5. The van der Waals surface area contributed by atoms with Crippen LogP contribution < -0.4 is 10.1 Å². The van der Waals surface area contributed by atoms with Gasteiger partial charge in [0, 0.05) is 5.69 Å². The number of hydrogen-bond acceptors (Lipinski definition) is 4. The number of methoxy groups -OCH3 is 1. The SMILES string of the molecule is COc1c(C=O)cc(NC(=O)OC(C)(C)C)cc1C(C)C. The summed E-state index contributed by atoms with van der Waals surface area (Å²) in [6.45, 7) is 9.35. The van der Waals surface area contributed by atoms with Gasteiger partial charge >= 0.3 is 6.09 Å². The number of aldehydes is 1. The lowest BCUT2D eigenvalue weighted by Gasteiger charge is -2.21. The van der Waals surface area contributed by atoms with Gasteiger partial charge in [-0.1, -0.05) is 13.8 Å². The first-order valence-electron chi connectivity index (χ1n) is 6.85. The standard InChI is InChI=1S/C16H23NO4/c1-10(2)13-8-12(7-11(9-18)14(13)20-6)17-15(19)21-16(3,4)5/h7-10H,1-6H3,(H,17,19). The topological polar surface area (TPSA) is 64.6 Å². The molecular weight excluding hydrogens is 270 g/mol. The Balaban J connectivity index is 3.12. The van der Waals surface area contributed by atoms with Crippen molar-refractivity contribution in [2.75, 3.05) is 12.4 Å². The molecule has 0 aromatic heterocycles. The third kappa shape index (κ3) is 4.77. The lowest BCUT2D eigenvalue weighted by Crippen LogP contribution is -2.27. The fourth-order valence-corrected chi connectivity index (χ4v) is 1.92. The molecule has 0 aliphatic rings. The Morgan fingerprint density at radius 2 is 1.90 bits per heavy atom. The van der Waals surface area contributed by atoms with Gasteiger partial charge in [-0.05, 0) is 44.4 Å². The minimum atomic E-state index is -0.578. The highest BCUT2D eigenvalue weighted by Crippen LogP contribution is 2.32. The first-order chi connectivity index (χ1) is 9.67. The second-order valence-electron chi connectivity index (χ2n) is 6.09. The zero-order chi connectivity index (χ0) is 16.2. The van der Waals surface area contributed by atoms with Gasteiger partial charge in [0.2, 0.25) is 0 Å². The third-order valence-corrected chi connectivity index (χ3v) is 2.74. The van der Waals surface area contributed by atoms with Crippen molar-refractivity contribution >= 4 is 18.1 Å². The highest BCUT2D eigenvalue weighted by atomic mass is 16.6. The van der Waals surface area contributed by atoms with E-state index in [4.69, 9.17) is 9.47 Å². The third-order valence-electron chi connectivity index (χ3n) is 2.74. The monoisotopic (exact) mass is 293 g/mol. The molecule has 1 rings (SSSR count). The number of carbonyl (C=O) groups excluding carboxylic acids is 2. The molecule has 1 aromatic rings. The van der Waals surface area contributed by atoms with Crippen LogP contribution >= 0.6 is 0 Å². The van der Waals surface area contributed by atoms with Gasteiger partial charge < -0.3 is 9.47 Å². The fourth-order valence-electron chi connectivity index (χ4n) is 1.92. The van der Waals surface area contributed by atoms with Gasteiger partial charge in [0.05, 0.1) is 12.7 Å². The molecule has 1 aromatic carbocycles. The van der Waals surface area contributed by atoms with Crippen molar-refractivity contribution in [2.45, 2.75) is 46.1 Å². The predicted octanol–water partition coefficient (Wildman–Crippen LogP) is 3.98. The molecule has 0 heterocycles. The molecule has 0 saturated carbocycles. The van der Waals surface area contributed by atoms with Crippen LogP contribution in [0.3, 0.4) is 0 Å². The molecule has 21 heavy (non-hydrogen) atoms. The van der Waals surface area contributed by atoms with Crippen LogP contribution in [-0.2, 0) is 4.74 Å². The zero-order valence-electron chi connectivity index (χ0n) is 13.4. The summed E-state index contributed by atoms with van der Waals surface area (Å²) in [6, 6.07) is 3.36. The van der Waals surface area contributed by atoms with E-state index in [1.807, 2.05) is 13.8 Å². The van der Waals surface area contributed by atoms with E-state index in [1.54, 1.807) is 32.9 Å². The van der Waals surface area contributed by atoms with Gasteiger partial charge in [0.15, 0.2) is 6.29 Å². The van der Waals surface area contributed by atoms with E-state index in [1.165, 1.54) is 7.11 Å². The number of carbonyl (C=O) groups is 2. The largest absolute Gasteiger partial charge is 0.496 e. The summed E-state index contributed by atoms with van der Waals surface area (Å²) in [6.07, 6.45) is 0.157. The Labute approximate surface area is 125 Å². The molecule has 0 fully saturated rings. The van der Waals surface area contributed by atoms with Crippen LogP contribution in [0.5, 0.6) is 5.75 Å². The zero-order valence-corrected chi connectivity index (χ0v) is 13.4. The Morgan fingerprint density at radius 3 is 2.33 bits per heavy atom. The smallest absolute Gasteiger partial charge is 0.412 e. The summed E-state index contributed by atoms with van der Waals surface area (Å²) in [7, 11) is 1.52. The van der Waals surface area contributed by atoms with E-state index in [2.05, 4.69) is 5.32 Å². The summed E-state index contributed by atoms with van der Waals surface area (Å²) in [5.41, 5.74) is 1.18. The molecule has 116 valence electrons. The molecule has 1 amide bonds. The fraction of sp³-hybridized carbons (Fsp3) is 0.500. The Hall–Kier alpha value is -2.04. The Bertz CT molecular complexity index is 530. The molecule has 0 unspecified atom stereocenters. The summed E-state index contributed by atoms with van der Waals surface area (Å²) in [4.78, 5) is 23.0. The summed E-state index contributed by atoms with van der Waals surface area (Å²) in [5.74, 6) is 0.689. The molecule has 0 saturated heterocycles. The van der Waals surface area contributed by atoms with Crippen LogP contribution in [0.15, 0.2) is 12.1 Å². The van der Waals surface area contributed by atoms with Crippen LogP contribution in [-0.4, -0.2) is 25.1 Å². The second-order valence-corrected chi connectivity index (χ2v) is 6.09. The van der Waals surface area contributed by atoms with Gasteiger partial charge in [0.1, 0.15) is 11.4 Å². The molecule has 0 radical (unpaired) electrons. The van der Waals surface area contributed by atoms with Gasteiger partial charge in [-0.2, -0.15) is 0 Å². The maximum Gasteiger partial charge on any atom is 0.412 e. The predicted molar refractivity (Wildman–Crippen MR) is 82.3 cm³/mol. The highest BCUT2D eigenvalue weighted by Gasteiger charge is 2.18. The van der Waals surface area contributed by atoms with Crippen molar-refractivity contribution in [3.63, 3.8) is 0 Å². The number of amides is 1. The lowest BCUT2D eigenvalue weighted by molar-refractivity contribution is 0.0635. The minimum Gasteiger partial charge on any atom is -0.496 e. The van der Waals surface area contributed by atoms with Crippen molar-refractivity contribution in [3.05, 3.63) is 23.3 Å². The maximum absolute atomic E-state index is 11.8. The summed E-state index contributed by atoms with van der Waals surface area (Å²) in [5, 5.41) is 2.64. The molecular formula is C16H23NO4. The average Bonchev–Trinajstić information content (AvgIpc) is 2.34. The second kappa shape index (κ2) is 6.61. The van der Waals surface area contributed by atoms with E-state index in [-0.39, 0.29) is 5.92 Å². The average molecular weight is 293 g/mol. The van der Waals surface area contributed by atoms with Crippen molar-refractivity contribution < 1.29 is 19.1 Å². The van der Waals surface area contributed by atoms with Crippen LogP contribution in [0.4, 0.5) is 10.5 Å². The summed E-state index contributed by atoms with van der Waals surface area (Å²) >= 11 is 0. The van der Waals surface area contributed by atoms with E-state index in [0.717, 1.165) is 5.56 Å². The van der Waals surface area contributed by atoms with Gasteiger partial charge in [-0.25, -0.2) is 4.79 Å². The lowest BCUT2D eigenvalue weighted by atomic mass is 9.98. The number of rotatable bonds is 4. The first kappa shape index (κ1) is 17.0. The van der Waals surface area contributed by atoms with Crippen molar-refractivity contribution in [1.82, 2.24) is 0 Å². The number of anilines is 1. The van der Waals surface area contributed by atoms with Crippen LogP contribution in [0, 0.1) is 0 Å². The molecule has 1 N–H and O–H groups in total. The first-order valence-corrected chi connectivity index (χ1v) is 6.85. The minimum absolute atomic E-state index is 0.152. The van der Waals surface area contributed by atoms with Gasteiger partial charge in [-0.15, -0.1) is 0 Å². The Kier molecular flexibility index (Phi) is 5.35. The van der Waals surface area contributed by atoms with Crippen LogP contribution in [0.1, 0.15) is 56.5 Å². The number of hydrogen-bond donors (Lipinski definition) is 1. The van der Waals surface area contributed by atoms with Crippen molar-refractivity contribution in [3.8, 4) is 5.75 Å². The Morgan fingerprint density at radius 1 is 1.29 bits per heavy atom. The van der Waals surface area contributed by atoms with Crippen molar-refractivity contribution in [1.29, 1.82) is 0 Å². The molecule has 0 spiro atoms. The quantitative estimate of drug-likeness (QED) is 0.853. The number of nitrogens with one attached hydrogen (secondary N) is 1. The number of benzene rings is 1. The van der Waals surface area contributed by atoms with E-state index >= 15 is 0 Å². The van der Waals surface area contributed by atoms with E-state index in [9.17, 15) is 9.59 Å². The molecule has 0 bridgehead atoms. The molecule has 5 nitrogen and oxygen atoms in total. The van der Waals surface area contributed by atoms with E-state index in [0.29, 0.717) is 23.3 Å². The molecule has 0 atom stereocenters. The maximum atomic E-state index is 11.8. The molecule has 0 aliphatic heterocycles. The van der Waals surface area contributed by atoms with Crippen molar-refractivity contribution in [2.24, 2.45) is 0 Å². The normalized spacial score (nSPS) is 11.2. The molecule has 5 heteroatoms. The van der Waals surface area contributed by atoms with Gasteiger partial charge in [0.25, 0.3) is 0 Å². The van der Waals surface area contributed by atoms with E-state index < -0.39 is 11.7 Å². The highest BCUT2D eigenvalue weighted by molar-refractivity contribution is 5.89. The van der Waals surface area contributed by atoms with Crippen LogP contribution in [0.25, 0.3) is 0 Å². The number of ether oxygens (including phenoxy) is 2.